The fraction of sp³-hybridized carbons (Fsp3) is 0.556. The van der Waals surface area contributed by atoms with Crippen molar-refractivity contribution in [1.29, 1.82) is 0 Å². The third-order valence-electron chi connectivity index (χ3n) is 1.83. The zero-order valence-corrected chi connectivity index (χ0v) is 8.57. The second-order valence-corrected chi connectivity index (χ2v) is 3.46. The minimum absolute atomic E-state index is 0.277. The molecule has 0 radical (unpaired) electrons. The van der Waals surface area contributed by atoms with Crippen LogP contribution in [0.4, 0.5) is 5.69 Å². The number of amidine groups is 1. The van der Waals surface area contributed by atoms with Gasteiger partial charge in [-0.05, 0) is 6.92 Å². The lowest BCUT2D eigenvalue weighted by atomic mass is 10.2. The van der Waals surface area contributed by atoms with Gasteiger partial charge in [0.15, 0.2) is 0 Å². The molecular weight excluding hydrogens is 164 g/mol. The minimum atomic E-state index is 0.277. The van der Waals surface area contributed by atoms with Crippen molar-refractivity contribution in [2.24, 2.45) is 23.7 Å². The molecule has 0 unspecified atom stereocenters. The molecule has 0 saturated heterocycles. The van der Waals surface area contributed by atoms with Crippen LogP contribution in [-0.2, 0) is 7.05 Å². The van der Waals surface area contributed by atoms with Gasteiger partial charge in [0.2, 0.25) is 0 Å². The number of rotatable bonds is 2. The van der Waals surface area contributed by atoms with Crippen molar-refractivity contribution < 1.29 is 0 Å². The Morgan fingerprint density at radius 2 is 2.23 bits per heavy atom. The largest absolute Gasteiger partial charge is 0.387 e. The quantitative estimate of drug-likeness (QED) is 0.552. The van der Waals surface area contributed by atoms with Crippen molar-refractivity contribution >= 4 is 11.5 Å². The van der Waals surface area contributed by atoms with Crippen LogP contribution in [0.15, 0.2) is 11.2 Å². The molecule has 1 rings (SSSR count). The highest BCUT2D eigenvalue weighted by Gasteiger charge is 2.04. The number of nitrogens with zero attached hydrogens (tertiary/aromatic N) is 3. The van der Waals surface area contributed by atoms with E-state index >= 15 is 0 Å². The molecule has 0 amide bonds. The number of aromatic nitrogens is 2. The molecule has 0 atom stereocenters. The van der Waals surface area contributed by atoms with Crippen molar-refractivity contribution in [2.45, 2.75) is 20.8 Å². The van der Waals surface area contributed by atoms with Gasteiger partial charge < -0.3 is 5.73 Å². The number of hydrogen-bond donors (Lipinski definition) is 1. The molecule has 0 aromatic carbocycles. The summed E-state index contributed by atoms with van der Waals surface area (Å²) in [5.74, 6) is 0.927. The van der Waals surface area contributed by atoms with E-state index in [4.69, 9.17) is 5.73 Å². The smallest absolute Gasteiger partial charge is 0.106 e. The summed E-state index contributed by atoms with van der Waals surface area (Å²) in [4.78, 5) is 4.29. The van der Waals surface area contributed by atoms with Gasteiger partial charge in [0.1, 0.15) is 11.5 Å². The minimum Gasteiger partial charge on any atom is -0.387 e. The molecule has 1 heterocycles. The van der Waals surface area contributed by atoms with Gasteiger partial charge in [-0.25, -0.2) is 4.99 Å². The Morgan fingerprint density at radius 1 is 1.62 bits per heavy atom. The highest BCUT2D eigenvalue weighted by atomic mass is 15.3. The fourth-order valence-corrected chi connectivity index (χ4v) is 0.965. The lowest BCUT2D eigenvalue weighted by molar-refractivity contribution is 0.756. The van der Waals surface area contributed by atoms with Gasteiger partial charge in [-0.2, -0.15) is 5.10 Å². The summed E-state index contributed by atoms with van der Waals surface area (Å²) < 4.78 is 1.74. The maximum atomic E-state index is 5.74. The summed E-state index contributed by atoms with van der Waals surface area (Å²) in [5.41, 5.74) is 7.50. The summed E-state index contributed by atoms with van der Waals surface area (Å²) in [6.45, 7) is 5.96. The van der Waals surface area contributed by atoms with Crippen LogP contribution in [-0.4, -0.2) is 15.6 Å². The van der Waals surface area contributed by atoms with E-state index in [0.717, 1.165) is 11.4 Å². The maximum Gasteiger partial charge on any atom is 0.106 e. The summed E-state index contributed by atoms with van der Waals surface area (Å²) in [6, 6.07) is 0. The van der Waals surface area contributed by atoms with E-state index in [2.05, 4.69) is 10.1 Å². The Bertz CT molecular complexity index is 322. The van der Waals surface area contributed by atoms with Crippen LogP contribution in [0.25, 0.3) is 0 Å². The lowest BCUT2D eigenvalue weighted by Gasteiger charge is -2.01. The van der Waals surface area contributed by atoms with E-state index in [0.29, 0.717) is 5.84 Å². The molecule has 0 aliphatic heterocycles. The summed E-state index contributed by atoms with van der Waals surface area (Å²) in [5, 5.41) is 4.18. The van der Waals surface area contributed by atoms with E-state index in [1.807, 2.05) is 34.0 Å². The molecule has 0 bridgehead atoms. The van der Waals surface area contributed by atoms with Crippen molar-refractivity contribution in [1.82, 2.24) is 9.78 Å². The summed E-state index contributed by atoms with van der Waals surface area (Å²) in [6.07, 6.45) is 1.87. The predicted octanol–water partition coefficient (Wildman–Crippen LogP) is 1.37. The van der Waals surface area contributed by atoms with Crippen LogP contribution in [0.2, 0.25) is 0 Å². The predicted molar refractivity (Wildman–Crippen MR) is 54.1 cm³/mol. The zero-order valence-electron chi connectivity index (χ0n) is 8.57. The highest BCUT2D eigenvalue weighted by Crippen LogP contribution is 2.16. The Hall–Kier alpha value is -1.32. The van der Waals surface area contributed by atoms with Crippen LogP contribution in [0.5, 0.6) is 0 Å². The first-order valence-electron chi connectivity index (χ1n) is 4.35. The Labute approximate surface area is 78.5 Å². The molecule has 0 spiro atoms. The molecule has 1 aromatic rings. The third-order valence-corrected chi connectivity index (χ3v) is 1.83. The van der Waals surface area contributed by atoms with E-state index < -0.39 is 0 Å². The first kappa shape index (κ1) is 9.77. The average molecular weight is 180 g/mol. The highest BCUT2D eigenvalue weighted by molar-refractivity contribution is 5.84. The average Bonchev–Trinajstić information content (AvgIpc) is 2.30. The van der Waals surface area contributed by atoms with Crippen molar-refractivity contribution in [3.8, 4) is 0 Å². The molecule has 2 N–H and O–H groups in total. The second-order valence-electron chi connectivity index (χ2n) is 3.46. The van der Waals surface area contributed by atoms with Crippen LogP contribution < -0.4 is 5.73 Å². The van der Waals surface area contributed by atoms with Gasteiger partial charge in [0.05, 0.1) is 11.9 Å². The van der Waals surface area contributed by atoms with Crippen LogP contribution in [0, 0.1) is 12.8 Å². The van der Waals surface area contributed by atoms with Gasteiger partial charge in [0.25, 0.3) is 0 Å². The number of aliphatic imine (C=N–C) groups is 1. The van der Waals surface area contributed by atoms with Gasteiger partial charge in [-0.3, -0.25) is 4.68 Å². The molecular formula is C9H16N4. The Balaban J connectivity index is 2.96. The standard InChI is InChI=1S/C9H16N4/c1-6(2)9(10)11-8-5-13(4)12-7(8)3/h5-6H,1-4H3,(H2,10,11). The molecule has 0 aliphatic carbocycles. The van der Waals surface area contributed by atoms with Crippen molar-refractivity contribution in [3.63, 3.8) is 0 Å². The normalized spacial score (nSPS) is 12.5. The first-order valence-corrected chi connectivity index (χ1v) is 4.35. The van der Waals surface area contributed by atoms with Gasteiger partial charge in [0, 0.05) is 13.0 Å². The monoisotopic (exact) mass is 180 g/mol. The molecule has 0 aliphatic rings. The summed E-state index contributed by atoms with van der Waals surface area (Å²) in [7, 11) is 1.87. The molecule has 0 fully saturated rings. The molecule has 13 heavy (non-hydrogen) atoms. The van der Waals surface area contributed by atoms with Crippen LogP contribution in [0.3, 0.4) is 0 Å². The SMILES string of the molecule is Cc1nn(C)cc1N=C(N)C(C)C. The second kappa shape index (κ2) is 3.60. The first-order chi connectivity index (χ1) is 6.00. The topological polar surface area (TPSA) is 56.2 Å². The van der Waals surface area contributed by atoms with E-state index in [-0.39, 0.29) is 5.92 Å². The van der Waals surface area contributed by atoms with E-state index in [1.54, 1.807) is 4.68 Å². The molecule has 0 saturated carbocycles. The van der Waals surface area contributed by atoms with E-state index in [9.17, 15) is 0 Å². The maximum absolute atomic E-state index is 5.74. The van der Waals surface area contributed by atoms with Crippen LogP contribution in [0.1, 0.15) is 19.5 Å². The van der Waals surface area contributed by atoms with Gasteiger partial charge in [-0.15, -0.1) is 0 Å². The lowest BCUT2D eigenvalue weighted by Crippen LogP contribution is -2.18. The zero-order chi connectivity index (χ0) is 10.0. The Kier molecular flexibility index (Phi) is 2.70. The van der Waals surface area contributed by atoms with Crippen molar-refractivity contribution in [2.75, 3.05) is 0 Å². The Morgan fingerprint density at radius 3 is 2.62 bits per heavy atom. The van der Waals surface area contributed by atoms with Crippen LogP contribution >= 0.6 is 0 Å². The molecule has 4 nitrogen and oxygen atoms in total. The third kappa shape index (κ3) is 2.31. The summed E-state index contributed by atoms with van der Waals surface area (Å²) >= 11 is 0. The number of aryl methyl sites for hydroxylation is 2. The fourth-order valence-electron chi connectivity index (χ4n) is 0.965. The number of hydrogen-bond acceptors (Lipinski definition) is 2. The van der Waals surface area contributed by atoms with E-state index in [1.165, 1.54) is 0 Å². The van der Waals surface area contributed by atoms with Crippen molar-refractivity contribution in [3.05, 3.63) is 11.9 Å². The van der Waals surface area contributed by atoms with Gasteiger partial charge >= 0.3 is 0 Å². The molecule has 72 valence electrons. The van der Waals surface area contributed by atoms with Gasteiger partial charge in [-0.1, -0.05) is 13.8 Å². The molecule has 1 aromatic heterocycles. The number of nitrogens with two attached hydrogens (primary N) is 1. The molecule has 4 heteroatoms.